The van der Waals surface area contributed by atoms with Gasteiger partial charge in [0.15, 0.2) is 9.84 Å². The molecule has 198 valence electrons. The maximum absolute atomic E-state index is 13.5. The van der Waals surface area contributed by atoms with Crippen LogP contribution in [0.2, 0.25) is 0 Å². The third-order valence-corrected chi connectivity index (χ3v) is 8.36. The zero-order chi connectivity index (χ0) is 26.3. The van der Waals surface area contributed by atoms with Gasteiger partial charge >= 0.3 is 0 Å². The second-order valence-corrected chi connectivity index (χ2v) is 12.8. The van der Waals surface area contributed by atoms with Gasteiger partial charge in [0, 0.05) is 18.8 Å². The molecule has 36 heavy (non-hydrogen) atoms. The van der Waals surface area contributed by atoms with E-state index in [4.69, 9.17) is 10.5 Å². The number of carbonyl (C=O) groups is 1. The van der Waals surface area contributed by atoms with Crippen molar-refractivity contribution >= 4 is 37.1 Å². The monoisotopic (exact) mass is 537 g/mol. The Morgan fingerprint density at radius 3 is 2.50 bits per heavy atom. The molecule has 0 unspecified atom stereocenters. The van der Waals surface area contributed by atoms with E-state index in [1.165, 1.54) is 17.0 Å². The molecule has 2 aromatic rings. The van der Waals surface area contributed by atoms with Gasteiger partial charge in [0.05, 0.1) is 28.2 Å². The van der Waals surface area contributed by atoms with Gasteiger partial charge in [0.1, 0.15) is 12.4 Å². The third-order valence-electron chi connectivity index (χ3n) is 5.97. The van der Waals surface area contributed by atoms with Gasteiger partial charge < -0.3 is 15.4 Å². The maximum atomic E-state index is 13.5. The molecule has 0 aliphatic carbocycles. The first-order chi connectivity index (χ1) is 17.1. The molecule has 1 amide bonds. The molecular formula is C25H35N3O6S2. The van der Waals surface area contributed by atoms with Crippen LogP contribution in [-0.2, 0) is 26.3 Å². The summed E-state index contributed by atoms with van der Waals surface area (Å²) >= 11 is 0. The lowest BCUT2D eigenvalue weighted by atomic mass is 10.1. The van der Waals surface area contributed by atoms with Crippen LogP contribution in [0.3, 0.4) is 0 Å². The van der Waals surface area contributed by atoms with Crippen molar-refractivity contribution in [2.75, 3.05) is 41.3 Å². The van der Waals surface area contributed by atoms with Crippen molar-refractivity contribution in [2.45, 2.75) is 50.3 Å². The van der Waals surface area contributed by atoms with Crippen molar-refractivity contribution in [1.82, 2.24) is 0 Å². The van der Waals surface area contributed by atoms with E-state index in [0.29, 0.717) is 30.8 Å². The van der Waals surface area contributed by atoms with Gasteiger partial charge in [-0.3, -0.25) is 9.52 Å². The number of nitrogens with one attached hydrogen (secondary N) is 1. The van der Waals surface area contributed by atoms with Crippen LogP contribution in [-0.4, -0.2) is 54.4 Å². The van der Waals surface area contributed by atoms with Crippen LogP contribution in [0.25, 0.3) is 0 Å². The molecule has 0 aromatic heterocycles. The lowest BCUT2D eigenvalue weighted by molar-refractivity contribution is 0.0990. The van der Waals surface area contributed by atoms with Crippen LogP contribution in [0, 0.1) is 0 Å². The van der Waals surface area contributed by atoms with E-state index < -0.39 is 25.8 Å². The molecule has 1 aliphatic rings. The Morgan fingerprint density at radius 2 is 1.81 bits per heavy atom. The molecule has 0 spiro atoms. The zero-order valence-corrected chi connectivity index (χ0v) is 22.5. The van der Waals surface area contributed by atoms with Gasteiger partial charge in [-0.05, 0) is 54.8 Å². The summed E-state index contributed by atoms with van der Waals surface area (Å²) in [6, 6.07) is 9.39. The predicted molar refractivity (Wildman–Crippen MR) is 142 cm³/mol. The van der Waals surface area contributed by atoms with E-state index in [0.717, 1.165) is 37.5 Å². The number of hydrogen-bond donors (Lipinski definition) is 2. The summed E-state index contributed by atoms with van der Waals surface area (Å²) in [5.74, 6) is 0.0844. The van der Waals surface area contributed by atoms with E-state index in [2.05, 4.69) is 11.6 Å². The lowest BCUT2D eigenvalue weighted by Gasteiger charge is -2.20. The smallest absolute Gasteiger partial charge is 0.260 e. The highest BCUT2D eigenvalue weighted by Crippen LogP contribution is 2.34. The molecule has 0 atom stereocenters. The molecule has 1 heterocycles. The molecular weight excluding hydrogens is 502 g/mol. The molecule has 0 bridgehead atoms. The summed E-state index contributed by atoms with van der Waals surface area (Å²) in [4.78, 5) is 15.3. The van der Waals surface area contributed by atoms with Crippen LogP contribution in [0.1, 0.15) is 54.9 Å². The standard InChI is InChI=1S/C25H35N3O6S2/c1-3-4-5-6-7-16-36(32,33)21-9-11-24-19(17-21)12-14-28(24)25(29)22-18-20(34-15-13-26)8-10-23(22)27-35(2,30)31/h8-11,17-18,27H,3-7,12-16,26H2,1-2H3. The number of benzene rings is 2. The van der Waals surface area contributed by atoms with E-state index in [1.54, 1.807) is 24.3 Å². The molecule has 0 radical (unpaired) electrons. The summed E-state index contributed by atoms with van der Waals surface area (Å²) in [7, 11) is -7.04. The first-order valence-corrected chi connectivity index (χ1v) is 15.7. The molecule has 1 aliphatic heterocycles. The number of sulfonamides is 1. The van der Waals surface area contributed by atoms with Crippen LogP contribution < -0.4 is 20.1 Å². The number of fused-ring (bicyclic) bond motifs is 1. The van der Waals surface area contributed by atoms with Gasteiger partial charge in [-0.15, -0.1) is 0 Å². The lowest BCUT2D eigenvalue weighted by Crippen LogP contribution is -2.30. The summed E-state index contributed by atoms with van der Waals surface area (Å²) in [6.45, 7) is 3.00. The minimum atomic E-state index is -3.63. The van der Waals surface area contributed by atoms with Gasteiger partial charge in [0.25, 0.3) is 5.91 Å². The number of amides is 1. The minimum absolute atomic E-state index is 0.105. The molecule has 0 saturated heterocycles. The van der Waals surface area contributed by atoms with Crippen LogP contribution in [0.4, 0.5) is 11.4 Å². The number of ether oxygens (including phenoxy) is 1. The highest BCUT2D eigenvalue weighted by Gasteiger charge is 2.29. The molecule has 0 fully saturated rings. The molecule has 0 saturated carbocycles. The summed E-state index contributed by atoms with van der Waals surface area (Å²) in [6.07, 6.45) is 6.26. The van der Waals surface area contributed by atoms with E-state index in [9.17, 15) is 21.6 Å². The third kappa shape index (κ3) is 7.21. The minimum Gasteiger partial charge on any atom is -0.492 e. The Morgan fingerprint density at radius 1 is 1.06 bits per heavy atom. The summed E-state index contributed by atoms with van der Waals surface area (Å²) in [5, 5.41) is 0. The SMILES string of the molecule is CCCCCCCS(=O)(=O)c1ccc2c(c1)CCN2C(=O)c1cc(OCCN)ccc1NS(C)(=O)=O. The van der Waals surface area contributed by atoms with Crippen LogP contribution in [0.5, 0.6) is 5.75 Å². The second-order valence-electron chi connectivity index (χ2n) is 8.95. The Bertz CT molecular complexity index is 1290. The van der Waals surface area contributed by atoms with E-state index in [-0.39, 0.29) is 35.1 Å². The Kier molecular flexibility index (Phi) is 9.37. The topological polar surface area (TPSA) is 136 Å². The first kappa shape index (κ1) is 27.9. The Hall–Kier alpha value is -2.63. The van der Waals surface area contributed by atoms with Gasteiger partial charge in [0.2, 0.25) is 10.0 Å². The highest BCUT2D eigenvalue weighted by molar-refractivity contribution is 7.92. The van der Waals surface area contributed by atoms with E-state index in [1.807, 2.05) is 0 Å². The number of nitrogens with zero attached hydrogens (tertiary/aromatic N) is 1. The highest BCUT2D eigenvalue weighted by atomic mass is 32.2. The number of unbranched alkanes of at least 4 members (excludes halogenated alkanes) is 4. The largest absolute Gasteiger partial charge is 0.492 e. The van der Waals surface area contributed by atoms with Gasteiger partial charge in [-0.2, -0.15) is 0 Å². The number of anilines is 2. The van der Waals surface area contributed by atoms with Crippen molar-refractivity contribution in [3.63, 3.8) is 0 Å². The number of nitrogens with two attached hydrogens (primary N) is 1. The van der Waals surface area contributed by atoms with Crippen LogP contribution >= 0.6 is 0 Å². The molecule has 11 heteroatoms. The quantitative estimate of drug-likeness (QED) is 0.374. The molecule has 9 nitrogen and oxygen atoms in total. The fraction of sp³-hybridized carbons (Fsp3) is 0.480. The van der Waals surface area contributed by atoms with E-state index >= 15 is 0 Å². The average Bonchev–Trinajstić information content (AvgIpc) is 3.25. The molecule has 3 rings (SSSR count). The van der Waals surface area contributed by atoms with Crippen LogP contribution in [0.15, 0.2) is 41.3 Å². The van der Waals surface area contributed by atoms with Crippen molar-refractivity contribution in [1.29, 1.82) is 0 Å². The van der Waals surface area contributed by atoms with Crippen molar-refractivity contribution in [2.24, 2.45) is 5.73 Å². The van der Waals surface area contributed by atoms with Gasteiger partial charge in [-0.1, -0.05) is 32.6 Å². The Balaban J connectivity index is 1.84. The fourth-order valence-electron chi connectivity index (χ4n) is 4.20. The molecule has 3 N–H and O–H groups in total. The number of rotatable bonds is 13. The number of carbonyl (C=O) groups excluding carboxylic acids is 1. The normalized spacial score (nSPS) is 13.5. The maximum Gasteiger partial charge on any atom is 0.260 e. The van der Waals surface area contributed by atoms with Crippen molar-refractivity contribution < 1.29 is 26.4 Å². The van der Waals surface area contributed by atoms with Gasteiger partial charge in [-0.25, -0.2) is 16.8 Å². The molecule has 2 aromatic carbocycles. The Labute approximate surface area is 214 Å². The van der Waals surface area contributed by atoms with Crippen molar-refractivity contribution in [3.05, 3.63) is 47.5 Å². The number of hydrogen-bond acceptors (Lipinski definition) is 7. The predicted octanol–water partition coefficient (Wildman–Crippen LogP) is 3.34. The average molecular weight is 538 g/mol. The second kappa shape index (κ2) is 12.1. The first-order valence-electron chi connectivity index (χ1n) is 12.2. The summed E-state index contributed by atoms with van der Waals surface area (Å²) < 4.78 is 57.3. The zero-order valence-electron chi connectivity index (χ0n) is 20.8. The fourth-order valence-corrected chi connectivity index (χ4v) is 6.19. The number of sulfone groups is 1. The van der Waals surface area contributed by atoms with Crippen molar-refractivity contribution in [3.8, 4) is 5.75 Å². The summed E-state index contributed by atoms with van der Waals surface area (Å²) in [5.41, 5.74) is 7.14.